The first kappa shape index (κ1) is 22.8. The van der Waals surface area contributed by atoms with E-state index in [4.69, 9.17) is 0 Å². The number of benzene rings is 3. The van der Waals surface area contributed by atoms with Gasteiger partial charge in [0.2, 0.25) is 0 Å². The molecule has 1 amide bonds. The highest BCUT2D eigenvalue weighted by atomic mass is 31.2. The topological polar surface area (TPSA) is 52.7 Å². The highest BCUT2D eigenvalue weighted by molar-refractivity contribution is 7.57. The smallest absolute Gasteiger partial charge is 0.278 e. The van der Waals surface area contributed by atoms with Crippen LogP contribution in [-0.4, -0.2) is 29.3 Å². The molecular weight excluding hydrogens is 419 g/mol. The Hall–Kier alpha value is -2.86. The van der Waals surface area contributed by atoms with E-state index < -0.39 is 30.7 Å². The lowest BCUT2D eigenvalue weighted by Gasteiger charge is -2.35. The number of hydrogen-bond donors (Lipinski definition) is 1. The first-order valence-electron chi connectivity index (χ1n) is 9.69. The second kappa shape index (κ2) is 9.96. The summed E-state index contributed by atoms with van der Waals surface area (Å²) in [6, 6.07) is 21.8. The molecule has 0 heterocycles. The molecule has 8 heteroatoms. The van der Waals surface area contributed by atoms with E-state index in [1.165, 1.54) is 15.4 Å². The average Bonchev–Trinajstić information content (AvgIpc) is 2.75. The van der Waals surface area contributed by atoms with Gasteiger partial charge in [0.25, 0.3) is 5.91 Å². The molecule has 0 aliphatic heterocycles. The second-order valence-electron chi connectivity index (χ2n) is 7.18. The Morgan fingerprint density at radius 2 is 1.19 bits per heavy atom. The molecule has 3 rings (SSSR count). The zero-order valence-corrected chi connectivity index (χ0v) is 18.2. The van der Waals surface area contributed by atoms with Crippen LogP contribution in [0, 0.1) is 11.6 Å². The maximum Gasteiger partial charge on any atom is 0.311 e. The Bertz CT molecular complexity index is 1010. The molecule has 0 aliphatic rings. The Kier molecular flexibility index (Phi) is 7.33. The van der Waals surface area contributed by atoms with Gasteiger partial charge in [0.1, 0.15) is 17.2 Å². The van der Waals surface area contributed by atoms with Crippen molar-refractivity contribution in [1.29, 1.82) is 0 Å². The highest BCUT2D eigenvalue weighted by Gasteiger charge is 2.36. The predicted octanol–water partition coefficient (Wildman–Crippen LogP) is 5.07. The van der Waals surface area contributed by atoms with Gasteiger partial charge in [0.05, 0.1) is 0 Å². The predicted molar refractivity (Wildman–Crippen MR) is 117 cm³/mol. The highest BCUT2D eigenvalue weighted by Crippen LogP contribution is 2.49. The number of halogens is 2. The van der Waals surface area contributed by atoms with Crippen LogP contribution in [0.15, 0.2) is 78.9 Å². The van der Waals surface area contributed by atoms with Crippen molar-refractivity contribution in [1.82, 2.24) is 14.4 Å². The van der Waals surface area contributed by atoms with Crippen molar-refractivity contribution in [3.63, 3.8) is 0 Å². The third-order valence-corrected chi connectivity index (χ3v) is 7.50. The zero-order chi connectivity index (χ0) is 22.4. The Morgan fingerprint density at radius 1 is 0.774 bits per heavy atom. The summed E-state index contributed by atoms with van der Waals surface area (Å²) in [4.78, 5) is 12.8. The zero-order valence-electron chi connectivity index (χ0n) is 17.3. The van der Waals surface area contributed by atoms with Crippen LogP contribution in [-0.2, 0) is 17.7 Å². The monoisotopic (exact) mass is 443 g/mol. The van der Waals surface area contributed by atoms with Gasteiger partial charge in [0.15, 0.2) is 0 Å². The van der Waals surface area contributed by atoms with Gasteiger partial charge >= 0.3 is 7.59 Å². The fraction of sp³-hybridized carbons (Fsp3) is 0.174. The molecule has 31 heavy (non-hydrogen) atoms. The molecule has 0 bridgehead atoms. The average molecular weight is 443 g/mol. The van der Waals surface area contributed by atoms with Crippen LogP contribution < -0.4 is 5.09 Å². The third kappa shape index (κ3) is 5.44. The minimum atomic E-state index is -3.76. The van der Waals surface area contributed by atoms with Crippen LogP contribution in [0.3, 0.4) is 0 Å². The van der Waals surface area contributed by atoms with Crippen molar-refractivity contribution in [3.05, 3.63) is 107 Å². The van der Waals surface area contributed by atoms with Gasteiger partial charge in [-0.25, -0.2) is 18.1 Å². The molecule has 5 nitrogen and oxygen atoms in total. The van der Waals surface area contributed by atoms with Crippen LogP contribution in [0.5, 0.6) is 0 Å². The number of rotatable bonds is 8. The SMILES string of the molecule is CN(Cc1ccccc1)P(=O)(NC(=O)c1c(F)cccc1F)N(C)Cc1ccccc1. The molecule has 162 valence electrons. The Labute approximate surface area is 180 Å². The normalized spacial score (nSPS) is 11.7. The number of carbonyl (C=O) groups excluding carboxylic acids is 1. The molecular formula is C23H24F2N3O2P. The maximum absolute atomic E-state index is 14.2. The number of nitrogens with one attached hydrogen (secondary N) is 1. The molecule has 0 spiro atoms. The number of carbonyl (C=O) groups is 1. The summed E-state index contributed by atoms with van der Waals surface area (Å²) < 4.78 is 45.4. The molecule has 3 aromatic rings. The lowest BCUT2D eigenvalue weighted by atomic mass is 10.2. The van der Waals surface area contributed by atoms with Crippen molar-refractivity contribution in [2.24, 2.45) is 0 Å². The van der Waals surface area contributed by atoms with Gasteiger partial charge in [-0.1, -0.05) is 66.7 Å². The summed E-state index contributed by atoms with van der Waals surface area (Å²) in [6.07, 6.45) is 0. The molecule has 0 unspecified atom stereocenters. The van der Waals surface area contributed by atoms with Gasteiger partial charge in [-0.05, 0) is 37.4 Å². The van der Waals surface area contributed by atoms with Crippen molar-refractivity contribution in [2.45, 2.75) is 13.1 Å². The summed E-state index contributed by atoms with van der Waals surface area (Å²) in [5.74, 6) is -3.10. The van der Waals surface area contributed by atoms with E-state index in [9.17, 15) is 18.1 Å². The van der Waals surface area contributed by atoms with Gasteiger partial charge in [-0.15, -0.1) is 0 Å². The summed E-state index contributed by atoms with van der Waals surface area (Å²) in [7, 11) is -0.551. The van der Waals surface area contributed by atoms with Crippen LogP contribution in [0.1, 0.15) is 21.5 Å². The van der Waals surface area contributed by atoms with E-state index in [0.717, 1.165) is 23.3 Å². The molecule has 3 aromatic carbocycles. The summed E-state index contributed by atoms with van der Waals surface area (Å²) in [5, 5.41) is 2.42. The first-order chi connectivity index (χ1) is 14.8. The fourth-order valence-electron chi connectivity index (χ4n) is 3.22. The summed E-state index contributed by atoms with van der Waals surface area (Å²) >= 11 is 0. The summed E-state index contributed by atoms with van der Waals surface area (Å²) in [6.45, 7) is 0.522. The minimum Gasteiger partial charge on any atom is -0.278 e. The van der Waals surface area contributed by atoms with E-state index in [0.29, 0.717) is 0 Å². The molecule has 1 N–H and O–H groups in total. The van der Waals surface area contributed by atoms with Crippen LogP contribution in [0.2, 0.25) is 0 Å². The van der Waals surface area contributed by atoms with Crippen LogP contribution in [0.25, 0.3) is 0 Å². The van der Waals surface area contributed by atoms with E-state index in [1.54, 1.807) is 14.1 Å². The van der Waals surface area contributed by atoms with Crippen molar-refractivity contribution in [3.8, 4) is 0 Å². The van der Waals surface area contributed by atoms with Crippen molar-refractivity contribution in [2.75, 3.05) is 14.1 Å². The molecule has 0 atom stereocenters. The lowest BCUT2D eigenvalue weighted by Crippen LogP contribution is -2.38. The summed E-state index contributed by atoms with van der Waals surface area (Å²) in [5.41, 5.74) is 0.998. The van der Waals surface area contributed by atoms with Crippen molar-refractivity contribution < 1.29 is 18.1 Å². The molecule has 0 aliphatic carbocycles. The van der Waals surface area contributed by atoms with E-state index >= 15 is 0 Å². The maximum atomic E-state index is 14.2. The standard InChI is InChI=1S/C23H24F2N3O2P/c1-27(16-18-10-5-3-6-11-18)31(30,28(2)17-19-12-7-4-8-13-19)26-23(29)22-20(24)14-9-15-21(22)25/h3-15H,16-17H2,1-2H3,(H,26,29,30). The first-order valence-corrected chi connectivity index (χ1v) is 11.3. The van der Waals surface area contributed by atoms with Crippen LogP contribution in [0.4, 0.5) is 8.78 Å². The van der Waals surface area contributed by atoms with Gasteiger partial charge in [-0.3, -0.25) is 14.4 Å². The van der Waals surface area contributed by atoms with E-state index in [1.807, 2.05) is 60.7 Å². The minimum absolute atomic E-state index is 0.261. The van der Waals surface area contributed by atoms with Gasteiger partial charge in [0, 0.05) is 13.1 Å². The molecule has 0 saturated carbocycles. The van der Waals surface area contributed by atoms with Gasteiger partial charge < -0.3 is 0 Å². The fourth-order valence-corrected chi connectivity index (χ4v) is 5.17. The lowest BCUT2D eigenvalue weighted by molar-refractivity contribution is 0.0966. The molecule has 0 aromatic heterocycles. The Balaban J connectivity index is 1.92. The molecule has 0 radical (unpaired) electrons. The van der Waals surface area contributed by atoms with Gasteiger partial charge in [-0.2, -0.15) is 0 Å². The Morgan fingerprint density at radius 3 is 1.61 bits per heavy atom. The number of amides is 1. The molecule has 0 saturated heterocycles. The van der Waals surface area contributed by atoms with E-state index in [-0.39, 0.29) is 13.1 Å². The van der Waals surface area contributed by atoms with Crippen molar-refractivity contribution >= 4 is 13.5 Å². The van der Waals surface area contributed by atoms with Crippen LogP contribution >= 0.6 is 7.59 Å². The van der Waals surface area contributed by atoms with E-state index in [2.05, 4.69) is 5.09 Å². The largest absolute Gasteiger partial charge is 0.311 e. The number of nitrogens with zero attached hydrogens (tertiary/aromatic N) is 2. The quantitative estimate of drug-likeness (QED) is 0.494. The molecule has 0 fully saturated rings. The second-order valence-corrected chi connectivity index (χ2v) is 9.86. The third-order valence-electron chi connectivity index (χ3n) is 4.87. The number of hydrogen-bond acceptors (Lipinski definition) is 2.